The number of fused-ring (bicyclic) bond motifs is 6. The van der Waals surface area contributed by atoms with Crippen LogP contribution in [0.25, 0.3) is 71.7 Å². The highest BCUT2D eigenvalue weighted by Gasteiger charge is 2.18. The maximum atomic E-state index is 6.41. The second kappa shape index (κ2) is 8.47. The van der Waals surface area contributed by atoms with Crippen LogP contribution in [0.4, 0.5) is 0 Å². The third-order valence-electron chi connectivity index (χ3n) is 7.87. The molecule has 0 spiro atoms. The molecule has 8 aromatic rings. The standard InChI is InChI=1S/C37H25NO/c1-24-18-21-34(32(22-24)25-10-3-2-4-11-25)38-33-16-7-5-12-28(33)29-20-19-26(23-35(29)38)27-14-9-15-31-30-13-6-8-17-36(30)39-37(27)31/h2-23H,1H3. The lowest BCUT2D eigenvalue weighted by atomic mass is 10.00. The van der Waals surface area contributed by atoms with Gasteiger partial charge in [-0.2, -0.15) is 0 Å². The van der Waals surface area contributed by atoms with Crippen LogP contribution in [0.1, 0.15) is 5.56 Å². The first kappa shape index (κ1) is 22.0. The molecule has 0 radical (unpaired) electrons. The zero-order valence-electron chi connectivity index (χ0n) is 21.6. The number of hydrogen-bond donors (Lipinski definition) is 0. The van der Waals surface area contributed by atoms with Crippen LogP contribution in [-0.4, -0.2) is 4.57 Å². The van der Waals surface area contributed by atoms with E-state index in [0.29, 0.717) is 0 Å². The third kappa shape index (κ3) is 3.35. The highest BCUT2D eigenvalue weighted by Crippen LogP contribution is 2.40. The summed E-state index contributed by atoms with van der Waals surface area (Å²) in [6.45, 7) is 2.16. The van der Waals surface area contributed by atoms with Crippen molar-refractivity contribution in [2.24, 2.45) is 0 Å². The Morgan fingerprint density at radius 1 is 0.487 bits per heavy atom. The van der Waals surface area contributed by atoms with Crippen molar-refractivity contribution in [1.29, 1.82) is 0 Å². The Hall–Kier alpha value is -5.08. The Kier molecular flexibility index (Phi) is 4.77. The summed E-state index contributed by atoms with van der Waals surface area (Å²) in [6, 6.07) is 47.7. The van der Waals surface area contributed by atoms with Crippen LogP contribution in [0, 0.1) is 6.92 Å². The van der Waals surface area contributed by atoms with Gasteiger partial charge in [0.1, 0.15) is 11.2 Å². The average Bonchev–Trinajstić information content (AvgIpc) is 3.53. The molecule has 39 heavy (non-hydrogen) atoms. The Labute approximate surface area is 226 Å². The summed E-state index contributed by atoms with van der Waals surface area (Å²) < 4.78 is 8.83. The minimum Gasteiger partial charge on any atom is -0.455 e. The van der Waals surface area contributed by atoms with Gasteiger partial charge in [-0.15, -0.1) is 0 Å². The van der Waals surface area contributed by atoms with Gasteiger partial charge in [0.25, 0.3) is 0 Å². The Balaban J connectivity index is 1.44. The van der Waals surface area contributed by atoms with Crippen LogP contribution in [0.5, 0.6) is 0 Å². The summed E-state index contributed by atoms with van der Waals surface area (Å²) in [5.74, 6) is 0. The van der Waals surface area contributed by atoms with Crippen LogP contribution in [0.15, 0.2) is 138 Å². The molecular formula is C37H25NO. The van der Waals surface area contributed by atoms with Crippen molar-refractivity contribution in [1.82, 2.24) is 4.57 Å². The molecule has 0 unspecified atom stereocenters. The van der Waals surface area contributed by atoms with Crippen molar-refractivity contribution in [3.63, 3.8) is 0 Å². The van der Waals surface area contributed by atoms with Crippen molar-refractivity contribution in [3.05, 3.63) is 139 Å². The normalized spacial score (nSPS) is 11.7. The summed E-state index contributed by atoms with van der Waals surface area (Å²) in [6.07, 6.45) is 0. The van der Waals surface area contributed by atoms with E-state index >= 15 is 0 Å². The van der Waals surface area contributed by atoms with Crippen molar-refractivity contribution in [2.45, 2.75) is 6.92 Å². The van der Waals surface area contributed by atoms with E-state index in [1.54, 1.807) is 0 Å². The van der Waals surface area contributed by atoms with Gasteiger partial charge in [-0.25, -0.2) is 0 Å². The number of benzene rings is 6. The molecule has 2 nitrogen and oxygen atoms in total. The minimum absolute atomic E-state index is 0.919. The van der Waals surface area contributed by atoms with Gasteiger partial charge in [-0.1, -0.05) is 109 Å². The van der Waals surface area contributed by atoms with E-state index in [1.165, 1.54) is 44.2 Å². The summed E-state index contributed by atoms with van der Waals surface area (Å²) in [5.41, 5.74) is 11.3. The number of aryl methyl sites for hydroxylation is 1. The number of para-hydroxylation sites is 3. The monoisotopic (exact) mass is 499 g/mol. The fourth-order valence-electron chi connectivity index (χ4n) is 6.07. The molecular weight excluding hydrogens is 474 g/mol. The van der Waals surface area contributed by atoms with Crippen molar-refractivity contribution < 1.29 is 4.42 Å². The predicted molar refractivity (Wildman–Crippen MR) is 164 cm³/mol. The maximum absolute atomic E-state index is 6.41. The number of nitrogens with zero attached hydrogens (tertiary/aromatic N) is 1. The SMILES string of the molecule is Cc1ccc(-n2c3ccccc3c3ccc(-c4cccc5c4oc4ccccc45)cc32)c(-c2ccccc2)c1. The van der Waals surface area contributed by atoms with E-state index in [4.69, 9.17) is 4.42 Å². The second-order valence-electron chi connectivity index (χ2n) is 10.3. The molecule has 0 aliphatic rings. The highest BCUT2D eigenvalue weighted by molar-refractivity contribution is 6.13. The lowest BCUT2D eigenvalue weighted by Gasteiger charge is -2.15. The minimum atomic E-state index is 0.919. The molecule has 0 bridgehead atoms. The number of furan rings is 1. The Morgan fingerprint density at radius 2 is 1.23 bits per heavy atom. The summed E-state index contributed by atoms with van der Waals surface area (Å²) in [4.78, 5) is 0. The summed E-state index contributed by atoms with van der Waals surface area (Å²) in [7, 11) is 0. The van der Waals surface area contributed by atoms with Crippen molar-refractivity contribution in [3.8, 4) is 27.9 Å². The first-order valence-electron chi connectivity index (χ1n) is 13.4. The number of aromatic nitrogens is 1. The van der Waals surface area contributed by atoms with Crippen LogP contribution < -0.4 is 0 Å². The Bertz CT molecular complexity index is 2180. The first-order chi connectivity index (χ1) is 19.3. The van der Waals surface area contributed by atoms with Gasteiger partial charge >= 0.3 is 0 Å². The van der Waals surface area contributed by atoms with Gasteiger partial charge in [0.15, 0.2) is 0 Å². The topological polar surface area (TPSA) is 18.1 Å². The molecule has 2 heteroatoms. The molecule has 8 rings (SSSR count). The lowest BCUT2D eigenvalue weighted by molar-refractivity contribution is 0.670. The molecule has 0 saturated carbocycles. The van der Waals surface area contributed by atoms with Gasteiger partial charge in [0.05, 0.1) is 16.7 Å². The second-order valence-corrected chi connectivity index (χ2v) is 10.3. The van der Waals surface area contributed by atoms with Crippen LogP contribution >= 0.6 is 0 Å². The van der Waals surface area contributed by atoms with E-state index in [9.17, 15) is 0 Å². The summed E-state index contributed by atoms with van der Waals surface area (Å²) in [5, 5.41) is 4.79. The first-order valence-corrected chi connectivity index (χ1v) is 13.4. The predicted octanol–water partition coefficient (Wildman–Crippen LogP) is 10.3. The third-order valence-corrected chi connectivity index (χ3v) is 7.87. The van der Waals surface area contributed by atoms with Crippen LogP contribution in [0.3, 0.4) is 0 Å². The van der Waals surface area contributed by atoms with Gasteiger partial charge in [0.2, 0.25) is 0 Å². The largest absolute Gasteiger partial charge is 0.455 e. The number of rotatable bonds is 3. The van der Waals surface area contributed by atoms with E-state index in [0.717, 1.165) is 33.1 Å². The smallest absolute Gasteiger partial charge is 0.143 e. The molecule has 0 aliphatic carbocycles. The molecule has 184 valence electrons. The molecule has 0 atom stereocenters. The molecule has 0 amide bonds. The fraction of sp³-hybridized carbons (Fsp3) is 0.0270. The lowest BCUT2D eigenvalue weighted by Crippen LogP contribution is -1.98. The van der Waals surface area contributed by atoms with Crippen LogP contribution in [-0.2, 0) is 0 Å². The maximum Gasteiger partial charge on any atom is 0.143 e. The quantitative estimate of drug-likeness (QED) is 0.236. The zero-order chi connectivity index (χ0) is 25.9. The molecule has 0 fully saturated rings. The van der Waals surface area contributed by atoms with E-state index in [1.807, 2.05) is 12.1 Å². The molecule has 0 saturated heterocycles. The Morgan fingerprint density at radius 3 is 2.13 bits per heavy atom. The highest BCUT2D eigenvalue weighted by atomic mass is 16.3. The molecule has 2 aromatic heterocycles. The molecule has 0 N–H and O–H groups in total. The molecule has 0 aliphatic heterocycles. The summed E-state index contributed by atoms with van der Waals surface area (Å²) >= 11 is 0. The van der Waals surface area contributed by atoms with Crippen LogP contribution in [0.2, 0.25) is 0 Å². The van der Waals surface area contributed by atoms with E-state index < -0.39 is 0 Å². The van der Waals surface area contributed by atoms with Gasteiger partial charge in [-0.05, 0) is 48.4 Å². The van der Waals surface area contributed by atoms with Crippen molar-refractivity contribution in [2.75, 3.05) is 0 Å². The van der Waals surface area contributed by atoms with E-state index in [2.05, 4.69) is 133 Å². The fourth-order valence-corrected chi connectivity index (χ4v) is 6.07. The van der Waals surface area contributed by atoms with Gasteiger partial charge < -0.3 is 8.98 Å². The van der Waals surface area contributed by atoms with E-state index in [-0.39, 0.29) is 0 Å². The van der Waals surface area contributed by atoms with Crippen molar-refractivity contribution >= 4 is 43.7 Å². The average molecular weight is 500 g/mol. The zero-order valence-corrected chi connectivity index (χ0v) is 21.6. The van der Waals surface area contributed by atoms with Gasteiger partial charge in [-0.3, -0.25) is 0 Å². The number of hydrogen-bond acceptors (Lipinski definition) is 1. The van der Waals surface area contributed by atoms with Gasteiger partial charge in [0, 0.05) is 32.7 Å². The molecule has 2 heterocycles. The molecule has 6 aromatic carbocycles.